The SMILES string of the molecule is CC(C)(C)OC(=O)CC/C(=C\F)CBr.CC(C)(C)OC(=O)CC/C(=C\F)COc1ccc2c(n1)CCN(C1CC1)C2=O.O=C1c2ccc(=O)[nH]c2CCN1C1CC1. The Morgan fingerprint density at radius 3 is 1.79 bits per heavy atom. The summed E-state index contributed by atoms with van der Waals surface area (Å²) in [5, 5.41) is 0.451. The molecule has 0 unspecified atom stereocenters. The molecule has 15 heteroatoms. The van der Waals surface area contributed by atoms with Crippen molar-refractivity contribution in [1.82, 2.24) is 19.8 Å². The Bertz CT molecular complexity index is 1880. The second-order valence-corrected chi connectivity index (χ2v) is 17.0. The minimum absolute atomic E-state index is 0.00672. The third-order valence-electron chi connectivity index (χ3n) is 9.13. The molecule has 2 aromatic rings. The lowest BCUT2D eigenvalue weighted by atomic mass is 10.0. The van der Waals surface area contributed by atoms with Gasteiger partial charge >= 0.3 is 11.9 Å². The molecule has 6 rings (SSSR count). The molecule has 0 aromatic carbocycles. The first-order chi connectivity index (χ1) is 26.9. The standard InChI is InChI=1S/C21H27FN2O4.C11H12N2O2.C10H16BrFO2/c1-21(2,3)28-19(25)9-4-14(12-22)13-27-18-8-7-16-17(23-18)10-11-24(20(16)26)15-5-6-15;14-10-4-3-8-9(12-10)5-6-13(11(8)15)7-1-2-7;1-10(2,3)14-9(13)5-4-8(6-11)7-12/h7-8,12,15H,4-6,9-11,13H2,1-3H3;3-4,7H,1-2,5-6H2,(H,12,14);7H,4-6H2,1-3H3/b14-12+;;8-7+. The highest BCUT2D eigenvalue weighted by molar-refractivity contribution is 9.09. The fraction of sp³-hybridized carbons (Fsp3) is 0.571. The number of amides is 2. The van der Waals surface area contributed by atoms with E-state index in [1.165, 1.54) is 6.07 Å². The molecule has 0 spiro atoms. The molecule has 312 valence electrons. The molecule has 57 heavy (non-hydrogen) atoms. The van der Waals surface area contributed by atoms with Gasteiger partial charge in [0.2, 0.25) is 11.4 Å². The van der Waals surface area contributed by atoms with Crippen LogP contribution in [0.4, 0.5) is 8.78 Å². The van der Waals surface area contributed by atoms with Gasteiger partial charge in [0.15, 0.2) is 0 Å². The van der Waals surface area contributed by atoms with Crippen LogP contribution in [-0.2, 0) is 31.9 Å². The highest BCUT2D eigenvalue weighted by Gasteiger charge is 2.37. The number of nitrogens with zero attached hydrogens (tertiary/aromatic N) is 3. The van der Waals surface area contributed by atoms with Crippen molar-refractivity contribution in [3.8, 4) is 5.88 Å². The van der Waals surface area contributed by atoms with Crippen LogP contribution in [0.25, 0.3) is 0 Å². The summed E-state index contributed by atoms with van der Waals surface area (Å²) in [6.07, 6.45) is 7.79. The second-order valence-electron chi connectivity index (χ2n) is 16.4. The maximum Gasteiger partial charge on any atom is 0.306 e. The molecule has 0 bridgehead atoms. The Morgan fingerprint density at radius 1 is 0.772 bits per heavy atom. The van der Waals surface area contributed by atoms with Gasteiger partial charge in [-0.1, -0.05) is 15.9 Å². The molecule has 2 aliphatic heterocycles. The molecule has 4 aliphatic rings. The zero-order valence-electron chi connectivity index (χ0n) is 33.8. The van der Waals surface area contributed by atoms with Gasteiger partial charge < -0.3 is 29.0 Å². The first kappa shape index (κ1) is 45.3. The van der Waals surface area contributed by atoms with E-state index in [1.807, 2.05) is 9.80 Å². The Morgan fingerprint density at radius 2 is 1.28 bits per heavy atom. The van der Waals surface area contributed by atoms with Crippen LogP contribution < -0.4 is 10.3 Å². The maximum absolute atomic E-state index is 13.1. The Balaban J connectivity index is 0.000000209. The lowest BCUT2D eigenvalue weighted by Gasteiger charge is -2.28. The lowest BCUT2D eigenvalue weighted by Crippen LogP contribution is -2.40. The van der Waals surface area contributed by atoms with E-state index in [2.05, 4.69) is 25.9 Å². The number of halogens is 3. The second kappa shape index (κ2) is 20.3. The van der Waals surface area contributed by atoms with Crippen molar-refractivity contribution in [2.24, 2.45) is 0 Å². The number of allylic oxidation sites excluding steroid dienone is 1. The molecular weight excluding hydrogens is 806 g/mol. The predicted molar refractivity (Wildman–Crippen MR) is 215 cm³/mol. The zero-order valence-corrected chi connectivity index (χ0v) is 35.3. The van der Waals surface area contributed by atoms with E-state index < -0.39 is 11.2 Å². The molecule has 0 atom stereocenters. The van der Waals surface area contributed by atoms with Gasteiger partial charge in [-0.15, -0.1) is 0 Å². The summed E-state index contributed by atoms with van der Waals surface area (Å²) in [5.41, 5.74) is 2.57. The van der Waals surface area contributed by atoms with Crippen LogP contribution in [0.2, 0.25) is 0 Å². The quantitative estimate of drug-likeness (QED) is 0.169. The number of carbonyl (C=O) groups is 4. The van der Waals surface area contributed by atoms with Crippen molar-refractivity contribution in [2.75, 3.05) is 25.0 Å². The highest BCUT2D eigenvalue weighted by atomic mass is 79.9. The Labute approximate surface area is 341 Å². The van der Waals surface area contributed by atoms with Gasteiger partial charge in [0.05, 0.1) is 29.5 Å². The van der Waals surface area contributed by atoms with Gasteiger partial charge in [0, 0.05) is 74.0 Å². The molecule has 2 fully saturated rings. The van der Waals surface area contributed by atoms with E-state index >= 15 is 0 Å². The highest BCUT2D eigenvalue weighted by Crippen LogP contribution is 2.32. The minimum atomic E-state index is -0.563. The van der Waals surface area contributed by atoms with Gasteiger partial charge in [-0.05, 0) is 103 Å². The Hall–Kier alpha value is -4.40. The van der Waals surface area contributed by atoms with Gasteiger partial charge in [0.25, 0.3) is 11.8 Å². The van der Waals surface area contributed by atoms with Gasteiger partial charge in [-0.3, -0.25) is 24.0 Å². The summed E-state index contributed by atoms with van der Waals surface area (Å²) in [4.78, 5) is 69.6. The third kappa shape index (κ3) is 14.8. The third-order valence-corrected chi connectivity index (χ3v) is 9.85. The number of aromatic amines is 1. The summed E-state index contributed by atoms with van der Waals surface area (Å²) in [7, 11) is 0. The van der Waals surface area contributed by atoms with E-state index in [0.717, 1.165) is 50.0 Å². The van der Waals surface area contributed by atoms with Crippen molar-refractivity contribution in [1.29, 1.82) is 0 Å². The van der Waals surface area contributed by atoms with Crippen molar-refractivity contribution in [3.05, 3.63) is 80.9 Å². The number of pyridine rings is 2. The molecule has 2 aromatic heterocycles. The number of ether oxygens (including phenoxy) is 3. The van der Waals surface area contributed by atoms with Crippen LogP contribution in [-0.4, -0.2) is 91.8 Å². The van der Waals surface area contributed by atoms with E-state index in [1.54, 1.807) is 59.7 Å². The number of H-pyrrole nitrogens is 1. The molecule has 1 N–H and O–H groups in total. The number of hydrogen-bond donors (Lipinski definition) is 1. The average Bonchev–Trinajstić information content (AvgIpc) is 4.07. The minimum Gasteiger partial charge on any atom is -0.473 e. The predicted octanol–water partition coefficient (Wildman–Crippen LogP) is 7.49. The van der Waals surface area contributed by atoms with Crippen molar-refractivity contribution >= 4 is 39.7 Å². The molecule has 2 saturated carbocycles. The fourth-order valence-corrected chi connectivity index (χ4v) is 6.49. The van der Waals surface area contributed by atoms with Crippen LogP contribution in [0.1, 0.15) is 125 Å². The zero-order chi connectivity index (χ0) is 41.9. The maximum atomic E-state index is 13.1. The molecule has 2 amide bonds. The van der Waals surface area contributed by atoms with E-state index in [9.17, 15) is 32.8 Å². The Kier molecular flexibility index (Phi) is 16.2. The number of esters is 2. The van der Waals surface area contributed by atoms with Gasteiger partial charge in [-0.25, -0.2) is 13.8 Å². The molecule has 4 heterocycles. The number of hydrogen-bond acceptors (Lipinski definition) is 9. The summed E-state index contributed by atoms with van der Waals surface area (Å²) < 4.78 is 41.1. The number of aromatic nitrogens is 2. The largest absolute Gasteiger partial charge is 0.473 e. The summed E-state index contributed by atoms with van der Waals surface area (Å²) in [6.45, 7) is 12.2. The van der Waals surface area contributed by atoms with Crippen LogP contribution in [0.15, 0.2) is 52.9 Å². The van der Waals surface area contributed by atoms with Crippen LogP contribution in [0.3, 0.4) is 0 Å². The normalized spacial score (nSPS) is 17.0. The van der Waals surface area contributed by atoms with E-state index in [0.29, 0.717) is 77.6 Å². The first-order valence-electron chi connectivity index (χ1n) is 19.4. The topological polar surface area (TPSA) is 148 Å². The number of rotatable bonds is 12. The van der Waals surface area contributed by atoms with Crippen molar-refractivity contribution < 1.29 is 42.2 Å². The monoisotopic (exact) mass is 860 g/mol. The van der Waals surface area contributed by atoms with Crippen LogP contribution >= 0.6 is 15.9 Å². The van der Waals surface area contributed by atoms with E-state index in [4.69, 9.17) is 14.2 Å². The summed E-state index contributed by atoms with van der Waals surface area (Å²) in [6, 6.07) is 7.28. The number of fused-ring (bicyclic) bond motifs is 2. The average molecular weight is 862 g/mol. The molecular formula is C42H55BrF2N4O8. The molecule has 0 radical (unpaired) electrons. The van der Waals surface area contributed by atoms with Crippen LogP contribution in [0.5, 0.6) is 5.88 Å². The van der Waals surface area contributed by atoms with Crippen LogP contribution in [0, 0.1) is 0 Å². The molecule has 12 nitrogen and oxygen atoms in total. The molecule has 2 aliphatic carbocycles. The van der Waals surface area contributed by atoms with E-state index in [-0.39, 0.29) is 55.2 Å². The molecule has 0 saturated heterocycles. The summed E-state index contributed by atoms with van der Waals surface area (Å²) in [5.74, 6) is -0.210. The lowest BCUT2D eigenvalue weighted by molar-refractivity contribution is -0.155. The smallest absolute Gasteiger partial charge is 0.306 e. The number of nitrogens with one attached hydrogen (secondary N) is 1. The van der Waals surface area contributed by atoms with Gasteiger partial charge in [-0.2, -0.15) is 0 Å². The number of carbonyl (C=O) groups excluding carboxylic acids is 4. The van der Waals surface area contributed by atoms with Crippen molar-refractivity contribution in [3.63, 3.8) is 0 Å². The van der Waals surface area contributed by atoms with Gasteiger partial charge in [0.1, 0.15) is 17.8 Å². The van der Waals surface area contributed by atoms with Crippen molar-refractivity contribution in [2.45, 2.75) is 129 Å². The summed E-state index contributed by atoms with van der Waals surface area (Å²) >= 11 is 3.13. The fourth-order valence-electron chi connectivity index (χ4n) is 6.09. The number of alkyl halides is 1. The first-order valence-corrected chi connectivity index (χ1v) is 20.6.